The molecule has 2 aromatic rings. The Morgan fingerprint density at radius 1 is 1.12 bits per heavy atom. The van der Waals surface area contributed by atoms with Gasteiger partial charge in [0.1, 0.15) is 24.5 Å². The number of benzene rings is 1. The fourth-order valence-corrected chi connectivity index (χ4v) is 5.63. The number of carbonyl (C=O) groups excluding carboxylic acids is 2. The average molecular weight is 590 g/mol. The normalized spacial score (nSPS) is 24.5. The van der Waals surface area contributed by atoms with E-state index in [4.69, 9.17) is 4.74 Å². The summed E-state index contributed by atoms with van der Waals surface area (Å²) in [5.74, 6) is -2.19. The predicted molar refractivity (Wildman–Crippen MR) is 147 cm³/mol. The first kappa shape index (κ1) is 31.3. The number of aliphatic hydroxyl groups is 3. The molecule has 1 aromatic heterocycles. The Labute approximate surface area is 242 Å². The molecular formula is C28H39N5O9. The van der Waals surface area contributed by atoms with Gasteiger partial charge < -0.3 is 40.9 Å². The minimum atomic E-state index is -1.79. The van der Waals surface area contributed by atoms with Crippen LogP contribution in [0.15, 0.2) is 18.3 Å². The lowest BCUT2D eigenvalue weighted by molar-refractivity contribution is -0.193. The zero-order chi connectivity index (χ0) is 30.6. The van der Waals surface area contributed by atoms with E-state index in [2.05, 4.69) is 20.9 Å². The Morgan fingerprint density at radius 2 is 1.79 bits per heavy atom. The highest BCUT2D eigenvalue weighted by Crippen LogP contribution is 2.31. The number of hydrogen-bond acceptors (Lipinski definition) is 10. The summed E-state index contributed by atoms with van der Waals surface area (Å²) in [7, 11) is 0. The van der Waals surface area contributed by atoms with Crippen molar-refractivity contribution in [3.63, 3.8) is 0 Å². The summed E-state index contributed by atoms with van der Waals surface area (Å²) in [6, 6.07) is 1.67. The van der Waals surface area contributed by atoms with E-state index in [1.54, 1.807) is 20.0 Å². The number of aliphatic hydroxyl groups excluding tert-OH is 3. The lowest BCUT2D eigenvalue weighted by Crippen LogP contribution is -2.64. The van der Waals surface area contributed by atoms with Crippen LogP contribution in [0.3, 0.4) is 0 Å². The fraction of sp³-hybridized carbons (Fsp3) is 0.607. The van der Waals surface area contributed by atoms with Crippen LogP contribution < -0.4 is 10.6 Å². The van der Waals surface area contributed by atoms with Gasteiger partial charge in [-0.3, -0.25) is 9.59 Å². The molecule has 0 radical (unpaired) electrons. The number of aryl methyl sites for hydroxylation is 2. The number of aromatic hydroxyl groups is 1. The summed E-state index contributed by atoms with van der Waals surface area (Å²) < 4.78 is 6.90. The maximum atomic E-state index is 12.9. The second-order valence-electron chi connectivity index (χ2n) is 11.2. The van der Waals surface area contributed by atoms with Gasteiger partial charge in [0.25, 0.3) is 5.91 Å². The molecule has 7 N–H and O–H groups in total. The number of hydrogen-bond donors (Lipinski definition) is 7. The van der Waals surface area contributed by atoms with Crippen molar-refractivity contribution in [1.29, 1.82) is 0 Å². The number of ether oxygens (including phenoxy) is 1. The molecule has 4 unspecified atom stereocenters. The van der Waals surface area contributed by atoms with Crippen molar-refractivity contribution in [2.24, 2.45) is 0 Å². The fourth-order valence-electron chi connectivity index (χ4n) is 5.63. The van der Waals surface area contributed by atoms with E-state index >= 15 is 0 Å². The summed E-state index contributed by atoms with van der Waals surface area (Å²) in [5, 5.41) is 65.1. The van der Waals surface area contributed by atoms with E-state index in [0.717, 1.165) is 31.4 Å². The van der Waals surface area contributed by atoms with Crippen molar-refractivity contribution < 1.29 is 44.7 Å². The number of aromatic nitrogens is 3. The highest BCUT2D eigenvalue weighted by atomic mass is 16.5. The van der Waals surface area contributed by atoms with Crippen LogP contribution in [0.25, 0.3) is 0 Å². The van der Waals surface area contributed by atoms with Gasteiger partial charge in [0.15, 0.2) is 6.10 Å². The van der Waals surface area contributed by atoms with Crippen molar-refractivity contribution in [3.05, 3.63) is 40.7 Å². The lowest BCUT2D eigenvalue weighted by Gasteiger charge is -2.41. The highest BCUT2D eigenvalue weighted by Gasteiger charge is 2.46. The SMILES string of the molecule is Cc1cc(C(=O)NC[C@@H](O)[C@@H](O)C2OC(C(=O)O)CC(O)C2NC(=O)Cn2cc(C3CCCCC3)nn2)cc(C)c1O. The van der Waals surface area contributed by atoms with Gasteiger partial charge in [-0.05, 0) is 49.9 Å². The predicted octanol–water partition coefficient (Wildman–Crippen LogP) is -0.112. The number of carbonyl (C=O) groups is 3. The number of carboxylic acid groups (broad SMARTS) is 1. The number of carboxylic acids is 1. The van der Waals surface area contributed by atoms with E-state index < -0.39 is 60.9 Å². The van der Waals surface area contributed by atoms with Crippen molar-refractivity contribution in [1.82, 2.24) is 25.6 Å². The molecule has 1 aliphatic heterocycles. The van der Waals surface area contributed by atoms with Crippen molar-refractivity contribution >= 4 is 17.8 Å². The van der Waals surface area contributed by atoms with Crippen LogP contribution in [0.4, 0.5) is 0 Å². The number of nitrogens with one attached hydrogen (secondary N) is 2. The largest absolute Gasteiger partial charge is 0.507 e. The first-order valence-corrected chi connectivity index (χ1v) is 14.1. The van der Waals surface area contributed by atoms with Gasteiger partial charge in [0, 0.05) is 30.6 Å². The summed E-state index contributed by atoms with van der Waals surface area (Å²) in [5.41, 5.74) is 2.01. The van der Waals surface area contributed by atoms with Crippen LogP contribution in [0.5, 0.6) is 5.75 Å². The zero-order valence-electron chi connectivity index (χ0n) is 23.6. The Bertz CT molecular complexity index is 1260. The van der Waals surface area contributed by atoms with Crippen LogP contribution in [0.2, 0.25) is 0 Å². The van der Waals surface area contributed by atoms with Crippen molar-refractivity contribution in [3.8, 4) is 5.75 Å². The quantitative estimate of drug-likeness (QED) is 0.194. The van der Waals surface area contributed by atoms with Gasteiger partial charge in [0.05, 0.1) is 23.9 Å². The van der Waals surface area contributed by atoms with Crippen LogP contribution in [0, 0.1) is 13.8 Å². The maximum absolute atomic E-state index is 12.9. The van der Waals surface area contributed by atoms with E-state index in [-0.39, 0.29) is 24.3 Å². The van der Waals surface area contributed by atoms with E-state index in [9.17, 15) is 39.9 Å². The molecule has 2 aliphatic rings. The number of amides is 2. The number of rotatable bonds is 10. The molecule has 230 valence electrons. The average Bonchev–Trinajstić information content (AvgIpc) is 3.43. The highest BCUT2D eigenvalue weighted by molar-refractivity contribution is 5.94. The number of aliphatic carboxylic acids is 1. The Kier molecular flexibility index (Phi) is 10.1. The molecule has 0 spiro atoms. The smallest absolute Gasteiger partial charge is 0.332 e. The number of nitrogens with zero attached hydrogens (tertiary/aromatic N) is 3. The molecule has 1 saturated carbocycles. The maximum Gasteiger partial charge on any atom is 0.332 e. The van der Waals surface area contributed by atoms with Crippen LogP contribution in [-0.2, 0) is 20.9 Å². The van der Waals surface area contributed by atoms with Gasteiger partial charge in [-0.15, -0.1) is 5.10 Å². The Hall–Kier alpha value is -3.59. The molecular weight excluding hydrogens is 550 g/mol. The van der Waals surface area contributed by atoms with Gasteiger partial charge in [-0.1, -0.05) is 24.5 Å². The van der Waals surface area contributed by atoms with Gasteiger partial charge in [-0.2, -0.15) is 0 Å². The van der Waals surface area contributed by atoms with Crippen LogP contribution in [0.1, 0.15) is 71.6 Å². The molecule has 0 bridgehead atoms. The zero-order valence-corrected chi connectivity index (χ0v) is 23.6. The van der Waals surface area contributed by atoms with Gasteiger partial charge in [-0.25, -0.2) is 9.48 Å². The minimum absolute atomic E-state index is 0.0598. The topological polar surface area (TPSA) is 216 Å². The standard InChI is InChI=1S/C28H39N5O9/c1-14-8-17(9-15(2)24(14)37)27(39)29-11-20(35)25(38)26-23(19(34)10-21(42-26)28(40)41)30-22(36)13-33-12-18(31-32-33)16-6-4-3-5-7-16/h8-9,12,16,19-21,23,25-26,34-35,37-38H,3-7,10-11,13H2,1-2H3,(H,29,39)(H,30,36)(H,40,41)/t19?,20-,21?,23?,25-,26?/m1/s1. The van der Waals surface area contributed by atoms with E-state index in [0.29, 0.717) is 17.0 Å². The summed E-state index contributed by atoms with van der Waals surface area (Å²) in [6.45, 7) is 2.58. The molecule has 6 atom stereocenters. The minimum Gasteiger partial charge on any atom is -0.507 e. The molecule has 2 amide bonds. The van der Waals surface area contributed by atoms with E-state index in [1.807, 2.05) is 0 Å². The van der Waals surface area contributed by atoms with Gasteiger partial charge >= 0.3 is 5.97 Å². The Morgan fingerprint density at radius 3 is 2.43 bits per heavy atom. The second-order valence-corrected chi connectivity index (χ2v) is 11.2. The summed E-state index contributed by atoms with van der Waals surface area (Å²) >= 11 is 0. The summed E-state index contributed by atoms with van der Waals surface area (Å²) in [6.07, 6.45) is -1.07. The molecule has 2 heterocycles. The first-order valence-electron chi connectivity index (χ1n) is 14.1. The number of phenols is 1. The molecule has 4 rings (SSSR count). The number of phenolic OH excluding ortho intramolecular Hbond substituents is 1. The molecule has 14 nitrogen and oxygen atoms in total. The lowest BCUT2D eigenvalue weighted by atomic mass is 9.87. The third-order valence-electron chi connectivity index (χ3n) is 7.99. The van der Waals surface area contributed by atoms with Crippen molar-refractivity contribution in [2.45, 2.75) is 101 Å². The Balaban J connectivity index is 1.40. The summed E-state index contributed by atoms with van der Waals surface area (Å²) in [4.78, 5) is 37.2. The molecule has 2 fully saturated rings. The van der Waals surface area contributed by atoms with Crippen LogP contribution in [-0.4, -0.2) is 101 Å². The van der Waals surface area contributed by atoms with Gasteiger partial charge in [0.2, 0.25) is 5.91 Å². The monoisotopic (exact) mass is 589 g/mol. The van der Waals surface area contributed by atoms with Crippen molar-refractivity contribution in [2.75, 3.05) is 6.54 Å². The van der Waals surface area contributed by atoms with E-state index in [1.165, 1.54) is 23.2 Å². The van der Waals surface area contributed by atoms with Crippen LogP contribution >= 0.6 is 0 Å². The molecule has 1 saturated heterocycles. The third kappa shape index (κ3) is 7.43. The molecule has 1 aliphatic carbocycles. The molecule has 1 aromatic carbocycles. The second kappa shape index (κ2) is 13.6. The molecule has 14 heteroatoms. The first-order chi connectivity index (χ1) is 19.9. The third-order valence-corrected chi connectivity index (χ3v) is 7.99. The molecule has 42 heavy (non-hydrogen) atoms.